The minimum atomic E-state index is 0.331. The third kappa shape index (κ3) is 3.95. The van der Waals surface area contributed by atoms with Crippen molar-refractivity contribution in [3.63, 3.8) is 0 Å². The molecular weight excluding hydrogens is 246 g/mol. The number of nitrogens with one attached hydrogen (secondary N) is 1. The third-order valence-corrected chi connectivity index (χ3v) is 4.50. The summed E-state index contributed by atoms with van der Waals surface area (Å²) in [6.45, 7) is 5.28. The molecule has 1 aromatic heterocycles. The molecule has 2 rings (SSSR count). The molecule has 0 bridgehead atoms. The van der Waals surface area contributed by atoms with Crippen molar-refractivity contribution in [3.05, 3.63) is 24.0 Å². The van der Waals surface area contributed by atoms with Crippen LogP contribution in [0, 0.1) is 0 Å². The maximum Gasteiger partial charge on any atom is 0.0572 e. The molecule has 112 valence electrons. The van der Waals surface area contributed by atoms with Crippen molar-refractivity contribution in [3.8, 4) is 0 Å². The van der Waals surface area contributed by atoms with E-state index in [1.807, 2.05) is 6.20 Å². The standard InChI is InChI=1S/C17H29N3/c1-4-18-14(2)17-12-11-16(13-19-17)20(3)15-9-7-5-6-8-10-15/h11-15,18H,4-10H2,1-3H3. The average molecular weight is 275 g/mol. The van der Waals surface area contributed by atoms with E-state index in [1.165, 1.54) is 44.2 Å². The van der Waals surface area contributed by atoms with Crippen molar-refractivity contribution >= 4 is 5.69 Å². The van der Waals surface area contributed by atoms with Gasteiger partial charge in [-0.3, -0.25) is 4.98 Å². The minimum absolute atomic E-state index is 0.331. The number of aromatic nitrogens is 1. The van der Waals surface area contributed by atoms with E-state index in [0.29, 0.717) is 12.1 Å². The van der Waals surface area contributed by atoms with Gasteiger partial charge in [0.1, 0.15) is 0 Å². The van der Waals surface area contributed by atoms with Crippen LogP contribution in [0.4, 0.5) is 5.69 Å². The van der Waals surface area contributed by atoms with E-state index >= 15 is 0 Å². The average Bonchev–Trinajstić information content (AvgIpc) is 2.76. The first kappa shape index (κ1) is 15.3. The Balaban J connectivity index is 2.00. The van der Waals surface area contributed by atoms with Crippen molar-refractivity contribution in [2.75, 3.05) is 18.5 Å². The molecule has 1 aliphatic rings. The van der Waals surface area contributed by atoms with E-state index in [4.69, 9.17) is 0 Å². The zero-order chi connectivity index (χ0) is 14.4. The number of rotatable bonds is 5. The molecule has 0 saturated heterocycles. The molecule has 1 heterocycles. The van der Waals surface area contributed by atoms with E-state index in [2.05, 4.69) is 48.2 Å². The fourth-order valence-corrected chi connectivity index (χ4v) is 3.13. The van der Waals surface area contributed by atoms with Crippen LogP contribution in [0.25, 0.3) is 0 Å². The molecule has 1 atom stereocenters. The summed E-state index contributed by atoms with van der Waals surface area (Å²) in [5, 5.41) is 3.41. The lowest BCUT2D eigenvalue weighted by molar-refractivity contribution is 0.551. The Kier molecular flexibility index (Phi) is 5.84. The van der Waals surface area contributed by atoms with Gasteiger partial charge >= 0.3 is 0 Å². The predicted molar refractivity (Wildman–Crippen MR) is 86.2 cm³/mol. The van der Waals surface area contributed by atoms with Crippen LogP contribution in [-0.4, -0.2) is 24.6 Å². The molecule has 0 amide bonds. The second kappa shape index (κ2) is 7.63. The summed E-state index contributed by atoms with van der Waals surface area (Å²) in [5.41, 5.74) is 2.38. The molecule has 1 N–H and O–H groups in total. The predicted octanol–water partition coefficient (Wildman–Crippen LogP) is 3.91. The Hall–Kier alpha value is -1.09. The molecule has 0 aromatic carbocycles. The number of anilines is 1. The Labute approximate surface area is 123 Å². The van der Waals surface area contributed by atoms with Gasteiger partial charge in [-0.1, -0.05) is 32.6 Å². The molecule has 1 aromatic rings. The van der Waals surface area contributed by atoms with Crippen molar-refractivity contribution in [1.29, 1.82) is 0 Å². The molecule has 1 fully saturated rings. The summed E-state index contributed by atoms with van der Waals surface area (Å²) in [6, 6.07) is 5.41. The van der Waals surface area contributed by atoms with Gasteiger partial charge in [0.25, 0.3) is 0 Å². The molecule has 20 heavy (non-hydrogen) atoms. The van der Waals surface area contributed by atoms with Crippen LogP contribution in [-0.2, 0) is 0 Å². The number of pyridine rings is 1. The largest absolute Gasteiger partial charge is 0.370 e. The van der Waals surface area contributed by atoms with E-state index in [0.717, 1.165) is 12.2 Å². The minimum Gasteiger partial charge on any atom is -0.370 e. The van der Waals surface area contributed by atoms with Crippen LogP contribution in [0.15, 0.2) is 18.3 Å². The second-order valence-electron chi connectivity index (χ2n) is 5.98. The van der Waals surface area contributed by atoms with E-state index in [1.54, 1.807) is 0 Å². The van der Waals surface area contributed by atoms with Crippen LogP contribution in [0.3, 0.4) is 0 Å². The number of hydrogen-bond acceptors (Lipinski definition) is 3. The molecular formula is C17H29N3. The van der Waals surface area contributed by atoms with Crippen LogP contribution >= 0.6 is 0 Å². The highest BCUT2D eigenvalue weighted by molar-refractivity contribution is 5.45. The summed E-state index contributed by atoms with van der Waals surface area (Å²) in [5.74, 6) is 0. The smallest absolute Gasteiger partial charge is 0.0572 e. The Morgan fingerprint density at radius 2 is 1.95 bits per heavy atom. The fourth-order valence-electron chi connectivity index (χ4n) is 3.13. The lowest BCUT2D eigenvalue weighted by Crippen LogP contribution is -2.31. The quantitative estimate of drug-likeness (QED) is 0.826. The van der Waals surface area contributed by atoms with Crippen molar-refractivity contribution in [2.24, 2.45) is 0 Å². The maximum absolute atomic E-state index is 4.63. The lowest BCUT2D eigenvalue weighted by Gasteiger charge is -2.29. The van der Waals surface area contributed by atoms with Crippen molar-refractivity contribution < 1.29 is 0 Å². The zero-order valence-corrected chi connectivity index (χ0v) is 13.2. The zero-order valence-electron chi connectivity index (χ0n) is 13.2. The fraction of sp³-hybridized carbons (Fsp3) is 0.706. The molecule has 1 aliphatic carbocycles. The molecule has 3 heteroatoms. The van der Waals surface area contributed by atoms with Gasteiger partial charge in [-0.15, -0.1) is 0 Å². The lowest BCUT2D eigenvalue weighted by atomic mass is 10.1. The first-order valence-electron chi connectivity index (χ1n) is 8.14. The first-order chi connectivity index (χ1) is 9.72. The molecule has 1 saturated carbocycles. The van der Waals surface area contributed by atoms with Crippen LogP contribution in [0.5, 0.6) is 0 Å². The molecule has 1 unspecified atom stereocenters. The van der Waals surface area contributed by atoms with Crippen LogP contribution < -0.4 is 10.2 Å². The van der Waals surface area contributed by atoms with E-state index < -0.39 is 0 Å². The molecule has 3 nitrogen and oxygen atoms in total. The molecule has 0 radical (unpaired) electrons. The Morgan fingerprint density at radius 3 is 2.50 bits per heavy atom. The van der Waals surface area contributed by atoms with Gasteiger partial charge in [0, 0.05) is 19.1 Å². The van der Waals surface area contributed by atoms with Crippen molar-refractivity contribution in [1.82, 2.24) is 10.3 Å². The van der Waals surface area contributed by atoms with E-state index in [-0.39, 0.29) is 0 Å². The van der Waals surface area contributed by atoms with Gasteiger partial charge < -0.3 is 10.2 Å². The van der Waals surface area contributed by atoms with Gasteiger partial charge in [-0.25, -0.2) is 0 Å². The summed E-state index contributed by atoms with van der Waals surface area (Å²) in [7, 11) is 2.22. The highest BCUT2D eigenvalue weighted by atomic mass is 15.1. The number of nitrogens with zero attached hydrogens (tertiary/aromatic N) is 2. The summed E-state index contributed by atoms with van der Waals surface area (Å²) < 4.78 is 0. The molecule has 0 spiro atoms. The summed E-state index contributed by atoms with van der Waals surface area (Å²) >= 11 is 0. The second-order valence-corrected chi connectivity index (χ2v) is 5.98. The first-order valence-corrected chi connectivity index (χ1v) is 8.14. The highest BCUT2D eigenvalue weighted by Gasteiger charge is 2.17. The van der Waals surface area contributed by atoms with Crippen LogP contribution in [0.1, 0.15) is 64.1 Å². The molecule has 0 aliphatic heterocycles. The third-order valence-electron chi connectivity index (χ3n) is 4.50. The SMILES string of the molecule is CCNC(C)c1ccc(N(C)C2CCCCCC2)cn1. The van der Waals surface area contributed by atoms with Crippen molar-refractivity contribution in [2.45, 2.75) is 64.5 Å². The Bertz CT molecular complexity index is 380. The van der Waals surface area contributed by atoms with Gasteiger partial charge in [-0.2, -0.15) is 0 Å². The summed E-state index contributed by atoms with van der Waals surface area (Å²) in [4.78, 5) is 7.06. The topological polar surface area (TPSA) is 28.2 Å². The maximum atomic E-state index is 4.63. The Morgan fingerprint density at radius 1 is 1.25 bits per heavy atom. The number of hydrogen-bond donors (Lipinski definition) is 1. The summed E-state index contributed by atoms with van der Waals surface area (Å²) in [6.07, 6.45) is 10.2. The van der Waals surface area contributed by atoms with E-state index in [9.17, 15) is 0 Å². The van der Waals surface area contributed by atoms with Gasteiger partial charge in [0.2, 0.25) is 0 Å². The van der Waals surface area contributed by atoms with Crippen LogP contribution in [0.2, 0.25) is 0 Å². The van der Waals surface area contributed by atoms with Gasteiger partial charge in [-0.05, 0) is 38.4 Å². The highest BCUT2D eigenvalue weighted by Crippen LogP contribution is 2.25. The normalized spacial score (nSPS) is 18.6. The monoisotopic (exact) mass is 275 g/mol. The van der Waals surface area contributed by atoms with Gasteiger partial charge in [0.15, 0.2) is 0 Å². The van der Waals surface area contributed by atoms with Gasteiger partial charge in [0.05, 0.1) is 17.6 Å².